The largest absolute Gasteiger partial charge is 0.459 e. The van der Waals surface area contributed by atoms with Gasteiger partial charge in [0.05, 0.1) is 6.10 Å². The summed E-state index contributed by atoms with van der Waals surface area (Å²) in [5.74, 6) is -0.839. The second-order valence-electron chi connectivity index (χ2n) is 5.28. The van der Waals surface area contributed by atoms with Gasteiger partial charge in [0.15, 0.2) is 0 Å². The van der Waals surface area contributed by atoms with Gasteiger partial charge in [-0.2, -0.15) is 0 Å². The van der Waals surface area contributed by atoms with Crippen LogP contribution in [0.2, 0.25) is 0 Å². The van der Waals surface area contributed by atoms with Gasteiger partial charge in [-0.1, -0.05) is 36.4 Å². The minimum Gasteiger partial charge on any atom is -0.459 e. The molecule has 105 valence electrons. The Morgan fingerprint density at radius 2 is 1.62 bits per heavy atom. The average molecular weight is 279 g/mol. The molecular formula is C18H15O3. The SMILES string of the molecule is CC(C)OC(=O)c1ccc2c(ccc3ccccc32)c1[O]. The number of benzene rings is 3. The van der Waals surface area contributed by atoms with E-state index < -0.39 is 5.97 Å². The zero-order valence-electron chi connectivity index (χ0n) is 11.9. The second-order valence-corrected chi connectivity index (χ2v) is 5.28. The molecule has 3 aromatic rings. The van der Waals surface area contributed by atoms with E-state index in [1.165, 1.54) is 0 Å². The number of carbonyl (C=O) groups is 1. The van der Waals surface area contributed by atoms with Crippen LogP contribution in [-0.2, 0) is 9.84 Å². The van der Waals surface area contributed by atoms with E-state index in [4.69, 9.17) is 4.74 Å². The standard InChI is InChI=1S/C18H15O3/c1-11(2)21-18(20)16-10-9-14-13-6-4-3-5-12(13)7-8-15(14)17(16)19/h3-11H,1-2H3. The van der Waals surface area contributed by atoms with Crippen LogP contribution in [0.3, 0.4) is 0 Å². The average Bonchev–Trinajstić information content (AvgIpc) is 2.46. The Kier molecular flexibility index (Phi) is 3.26. The maximum absolute atomic E-state index is 12.5. The van der Waals surface area contributed by atoms with Crippen molar-refractivity contribution in [3.63, 3.8) is 0 Å². The van der Waals surface area contributed by atoms with Gasteiger partial charge in [-0.3, -0.25) is 5.11 Å². The molecule has 0 aliphatic rings. The van der Waals surface area contributed by atoms with E-state index in [2.05, 4.69) is 0 Å². The fourth-order valence-electron chi connectivity index (χ4n) is 2.50. The summed E-state index contributed by atoms with van der Waals surface area (Å²) in [5, 5.41) is 16.0. The lowest BCUT2D eigenvalue weighted by molar-refractivity contribution is 0.0373. The van der Waals surface area contributed by atoms with Crippen LogP contribution in [0.4, 0.5) is 0 Å². The Labute approximate surface area is 122 Å². The number of fused-ring (bicyclic) bond motifs is 3. The van der Waals surface area contributed by atoms with Crippen molar-refractivity contribution in [2.75, 3.05) is 0 Å². The van der Waals surface area contributed by atoms with Crippen LogP contribution in [0.15, 0.2) is 48.5 Å². The highest BCUT2D eigenvalue weighted by Gasteiger charge is 2.18. The van der Waals surface area contributed by atoms with E-state index in [0.29, 0.717) is 5.39 Å². The molecule has 0 saturated heterocycles. The van der Waals surface area contributed by atoms with Crippen molar-refractivity contribution in [1.29, 1.82) is 0 Å². The molecule has 0 fully saturated rings. The molecule has 0 aliphatic carbocycles. The maximum Gasteiger partial charge on any atom is 0.342 e. The molecule has 3 aromatic carbocycles. The van der Waals surface area contributed by atoms with Crippen LogP contribution in [0.1, 0.15) is 24.2 Å². The molecule has 0 heterocycles. The monoisotopic (exact) mass is 279 g/mol. The van der Waals surface area contributed by atoms with E-state index in [9.17, 15) is 9.90 Å². The van der Waals surface area contributed by atoms with Crippen molar-refractivity contribution < 1.29 is 14.6 Å². The lowest BCUT2D eigenvalue weighted by atomic mass is 9.99. The summed E-state index contributed by atoms with van der Waals surface area (Å²) in [6.45, 7) is 3.52. The van der Waals surface area contributed by atoms with Gasteiger partial charge in [-0.15, -0.1) is 0 Å². The zero-order chi connectivity index (χ0) is 15.0. The Morgan fingerprint density at radius 3 is 2.38 bits per heavy atom. The van der Waals surface area contributed by atoms with Crippen molar-refractivity contribution in [2.45, 2.75) is 20.0 Å². The van der Waals surface area contributed by atoms with Gasteiger partial charge >= 0.3 is 5.97 Å². The lowest BCUT2D eigenvalue weighted by Gasteiger charge is -2.10. The summed E-state index contributed by atoms with van der Waals surface area (Å²) in [6, 6.07) is 14.9. The van der Waals surface area contributed by atoms with Crippen molar-refractivity contribution >= 4 is 27.5 Å². The summed E-state index contributed by atoms with van der Waals surface area (Å²) >= 11 is 0. The molecule has 1 radical (unpaired) electrons. The van der Waals surface area contributed by atoms with Crippen LogP contribution >= 0.6 is 0 Å². The number of hydrogen-bond acceptors (Lipinski definition) is 2. The third kappa shape index (κ3) is 2.31. The Balaban J connectivity index is 2.22. The normalized spacial score (nSPS) is 11.2. The molecule has 0 aliphatic heterocycles. The molecule has 0 saturated carbocycles. The zero-order valence-corrected chi connectivity index (χ0v) is 11.9. The molecule has 3 nitrogen and oxygen atoms in total. The quantitative estimate of drug-likeness (QED) is 0.504. The van der Waals surface area contributed by atoms with E-state index in [1.54, 1.807) is 26.0 Å². The molecule has 0 bridgehead atoms. The third-order valence-electron chi connectivity index (χ3n) is 3.44. The highest BCUT2D eigenvalue weighted by atomic mass is 16.5. The highest BCUT2D eigenvalue weighted by molar-refractivity contribution is 6.12. The third-order valence-corrected chi connectivity index (χ3v) is 3.44. The molecular weight excluding hydrogens is 264 g/mol. The Hall–Kier alpha value is -2.55. The number of carbonyl (C=O) groups excluding carboxylic acids is 1. The maximum atomic E-state index is 12.5. The van der Waals surface area contributed by atoms with Crippen molar-refractivity contribution in [2.24, 2.45) is 0 Å². The first-order chi connectivity index (χ1) is 10.1. The topological polar surface area (TPSA) is 46.2 Å². The first kappa shape index (κ1) is 13.4. The van der Waals surface area contributed by atoms with E-state index >= 15 is 0 Å². The summed E-state index contributed by atoms with van der Waals surface area (Å²) < 4.78 is 5.11. The number of rotatable bonds is 2. The molecule has 0 amide bonds. The van der Waals surface area contributed by atoms with Crippen LogP contribution in [-0.4, -0.2) is 12.1 Å². The van der Waals surface area contributed by atoms with Gasteiger partial charge in [0.2, 0.25) is 5.75 Å². The first-order valence-electron chi connectivity index (χ1n) is 6.90. The first-order valence-corrected chi connectivity index (χ1v) is 6.90. The fourth-order valence-corrected chi connectivity index (χ4v) is 2.50. The number of hydrogen-bond donors (Lipinski definition) is 0. The lowest BCUT2D eigenvalue weighted by Crippen LogP contribution is -2.11. The molecule has 0 aromatic heterocycles. The van der Waals surface area contributed by atoms with Gasteiger partial charge in [0.25, 0.3) is 0 Å². The van der Waals surface area contributed by atoms with E-state index in [1.807, 2.05) is 36.4 Å². The predicted octanol–water partition coefficient (Wildman–Crippen LogP) is 4.70. The minimum atomic E-state index is -0.565. The highest BCUT2D eigenvalue weighted by Crippen LogP contribution is 2.34. The number of ether oxygens (including phenoxy) is 1. The van der Waals surface area contributed by atoms with Crippen molar-refractivity contribution in [3.8, 4) is 5.75 Å². The minimum absolute atomic E-state index is 0.0893. The molecule has 21 heavy (non-hydrogen) atoms. The van der Waals surface area contributed by atoms with E-state index in [-0.39, 0.29) is 17.4 Å². The summed E-state index contributed by atoms with van der Waals surface area (Å²) in [5.41, 5.74) is 0.0893. The predicted molar refractivity (Wildman–Crippen MR) is 82.1 cm³/mol. The van der Waals surface area contributed by atoms with Crippen molar-refractivity contribution in [1.82, 2.24) is 0 Å². The molecule has 0 unspecified atom stereocenters. The van der Waals surface area contributed by atoms with Gasteiger partial charge < -0.3 is 4.74 Å². The van der Waals surface area contributed by atoms with Crippen LogP contribution in [0.5, 0.6) is 5.75 Å². The molecule has 0 N–H and O–H groups in total. The van der Waals surface area contributed by atoms with Gasteiger partial charge in [-0.25, -0.2) is 4.79 Å². The molecule has 0 atom stereocenters. The van der Waals surface area contributed by atoms with Gasteiger partial charge in [-0.05, 0) is 42.1 Å². The van der Waals surface area contributed by atoms with Crippen molar-refractivity contribution in [3.05, 3.63) is 54.1 Å². The summed E-state index contributed by atoms with van der Waals surface area (Å²) in [7, 11) is 0. The molecule has 0 spiro atoms. The van der Waals surface area contributed by atoms with Gasteiger partial charge in [0, 0.05) is 5.39 Å². The molecule has 3 rings (SSSR count). The fraction of sp³-hybridized carbons (Fsp3) is 0.167. The van der Waals surface area contributed by atoms with E-state index in [0.717, 1.165) is 16.2 Å². The van der Waals surface area contributed by atoms with Gasteiger partial charge in [0.1, 0.15) is 5.56 Å². The Morgan fingerprint density at radius 1 is 0.905 bits per heavy atom. The summed E-state index contributed by atoms with van der Waals surface area (Å²) in [4.78, 5) is 12.0. The second kappa shape index (κ2) is 5.09. The smallest absolute Gasteiger partial charge is 0.342 e. The van der Waals surface area contributed by atoms with Crippen LogP contribution in [0.25, 0.3) is 21.5 Å². The number of esters is 1. The Bertz CT molecular complexity index is 834. The van der Waals surface area contributed by atoms with Crippen LogP contribution < -0.4 is 0 Å². The van der Waals surface area contributed by atoms with Crippen LogP contribution in [0, 0.1) is 0 Å². The summed E-state index contributed by atoms with van der Waals surface area (Å²) in [6.07, 6.45) is -0.246. The molecule has 3 heteroatoms.